The summed E-state index contributed by atoms with van der Waals surface area (Å²) in [4.78, 5) is 23.4. The van der Waals surface area contributed by atoms with Crippen LogP contribution in [0.2, 0.25) is 0 Å². The second-order valence-electron chi connectivity index (χ2n) is 6.77. The zero-order chi connectivity index (χ0) is 23.0. The number of esters is 1. The fraction of sp³-hybridized carbons (Fsp3) is 0.286. The van der Waals surface area contributed by atoms with Crippen LogP contribution in [-0.4, -0.2) is 53.0 Å². The molecule has 1 N–H and O–H groups in total. The van der Waals surface area contributed by atoms with Gasteiger partial charge in [-0.2, -0.15) is 5.10 Å². The van der Waals surface area contributed by atoms with Crippen LogP contribution in [0, 0.1) is 13.8 Å². The number of hydrogen-bond acceptors (Lipinski definition) is 7. The van der Waals surface area contributed by atoms with Gasteiger partial charge in [0, 0.05) is 0 Å². The van der Waals surface area contributed by atoms with Crippen molar-refractivity contribution < 1.29 is 27.5 Å². The van der Waals surface area contributed by atoms with E-state index in [-0.39, 0.29) is 6.61 Å². The molecular formula is C21H25N3O6S. The summed E-state index contributed by atoms with van der Waals surface area (Å²) >= 11 is 0. The van der Waals surface area contributed by atoms with Crippen molar-refractivity contribution in [1.82, 2.24) is 5.43 Å². The smallest absolute Gasteiger partial charge is 0.343 e. The molecule has 0 atom stereocenters. The molecule has 0 spiro atoms. The SMILES string of the molecule is COC(=O)COc1cccc(/C=N\NC(=O)CN(c2ccc(C)c(C)c2)S(C)(=O)=O)c1. The van der Waals surface area contributed by atoms with Crippen LogP contribution in [-0.2, 0) is 24.3 Å². The molecular weight excluding hydrogens is 422 g/mol. The normalized spacial score (nSPS) is 11.2. The first-order valence-corrected chi connectivity index (χ1v) is 11.1. The highest BCUT2D eigenvalue weighted by atomic mass is 32.2. The van der Waals surface area contributed by atoms with Crippen molar-refractivity contribution in [3.8, 4) is 5.75 Å². The van der Waals surface area contributed by atoms with Crippen LogP contribution in [0.5, 0.6) is 5.75 Å². The quantitative estimate of drug-likeness (QED) is 0.356. The molecule has 0 saturated carbocycles. The second kappa shape index (κ2) is 10.6. The van der Waals surface area contributed by atoms with Gasteiger partial charge in [0.25, 0.3) is 5.91 Å². The summed E-state index contributed by atoms with van der Waals surface area (Å²) in [7, 11) is -2.41. The molecule has 31 heavy (non-hydrogen) atoms. The number of hydrogen-bond donors (Lipinski definition) is 1. The third-order valence-electron chi connectivity index (χ3n) is 4.31. The van der Waals surface area contributed by atoms with Crippen molar-refractivity contribution in [3.05, 3.63) is 59.2 Å². The molecule has 0 aliphatic heterocycles. The minimum Gasteiger partial charge on any atom is -0.482 e. The topological polar surface area (TPSA) is 114 Å². The first-order valence-electron chi connectivity index (χ1n) is 9.26. The molecule has 0 saturated heterocycles. The molecule has 0 aliphatic carbocycles. The summed E-state index contributed by atoms with van der Waals surface area (Å²) in [5, 5.41) is 3.86. The number of methoxy groups -OCH3 is 1. The first kappa shape index (κ1) is 23.9. The van der Waals surface area contributed by atoms with E-state index in [0.29, 0.717) is 17.0 Å². The number of nitrogens with zero attached hydrogens (tertiary/aromatic N) is 2. The van der Waals surface area contributed by atoms with Gasteiger partial charge in [0.1, 0.15) is 12.3 Å². The molecule has 0 radical (unpaired) electrons. The van der Waals surface area contributed by atoms with Gasteiger partial charge in [0.05, 0.1) is 25.3 Å². The fourth-order valence-electron chi connectivity index (χ4n) is 2.51. The van der Waals surface area contributed by atoms with Gasteiger partial charge in [0.2, 0.25) is 10.0 Å². The van der Waals surface area contributed by atoms with Crippen molar-refractivity contribution in [3.63, 3.8) is 0 Å². The van der Waals surface area contributed by atoms with E-state index < -0.39 is 28.4 Å². The highest BCUT2D eigenvalue weighted by Crippen LogP contribution is 2.21. The van der Waals surface area contributed by atoms with Gasteiger partial charge in [-0.25, -0.2) is 18.6 Å². The highest BCUT2D eigenvalue weighted by Gasteiger charge is 2.21. The van der Waals surface area contributed by atoms with E-state index in [1.54, 1.807) is 42.5 Å². The molecule has 0 bridgehead atoms. The molecule has 2 rings (SSSR count). The van der Waals surface area contributed by atoms with Crippen molar-refractivity contribution in [1.29, 1.82) is 0 Å². The molecule has 0 heterocycles. The number of hydrazone groups is 1. The predicted molar refractivity (Wildman–Crippen MR) is 118 cm³/mol. The Balaban J connectivity index is 2.03. The molecule has 0 fully saturated rings. The summed E-state index contributed by atoms with van der Waals surface area (Å²) in [6, 6.07) is 11.9. The summed E-state index contributed by atoms with van der Waals surface area (Å²) < 4.78 is 35.2. The number of carbonyl (C=O) groups excluding carboxylic acids is 2. The average molecular weight is 448 g/mol. The van der Waals surface area contributed by atoms with E-state index in [4.69, 9.17) is 4.74 Å². The number of amides is 1. The number of carbonyl (C=O) groups is 2. The Morgan fingerprint density at radius 3 is 2.52 bits per heavy atom. The van der Waals surface area contributed by atoms with Gasteiger partial charge in [-0.05, 0) is 54.8 Å². The Morgan fingerprint density at radius 1 is 1.13 bits per heavy atom. The predicted octanol–water partition coefficient (Wildman–Crippen LogP) is 1.77. The van der Waals surface area contributed by atoms with Gasteiger partial charge < -0.3 is 9.47 Å². The van der Waals surface area contributed by atoms with Crippen LogP contribution in [0.25, 0.3) is 0 Å². The third-order valence-corrected chi connectivity index (χ3v) is 5.45. The van der Waals surface area contributed by atoms with Crippen molar-refractivity contribution in [2.75, 3.05) is 30.8 Å². The number of sulfonamides is 1. The standard InChI is InChI=1S/C21H25N3O6S/c1-15-8-9-18(10-16(15)2)24(31(4,27)28)13-20(25)23-22-12-17-6-5-7-19(11-17)30-14-21(26)29-3/h5-12H,13-14H2,1-4H3,(H,23,25)/b22-12-. The largest absolute Gasteiger partial charge is 0.482 e. The molecule has 2 aromatic rings. The number of aryl methyl sites for hydroxylation is 2. The number of anilines is 1. The minimum atomic E-state index is -3.67. The van der Waals surface area contributed by atoms with E-state index in [2.05, 4.69) is 15.3 Å². The summed E-state index contributed by atoms with van der Waals surface area (Å²) in [6.45, 7) is 3.14. The molecule has 9 nitrogen and oxygen atoms in total. The lowest BCUT2D eigenvalue weighted by molar-refractivity contribution is -0.142. The maximum atomic E-state index is 12.3. The van der Waals surface area contributed by atoms with Gasteiger partial charge in [-0.1, -0.05) is 18.2 Å². The van der Waals surface area contributed by atoms with Crippen LogP contribution in [0.1, 0.15) is 16.7 Å². The average Bonchev–Trinajstić information content (AvgIpc) is 2.72. The number of benzene rings is 2. The Morgan fingerprint density at radius 2 is 1.87 bits per heavy atom. The first-order chi connectivity index (χ1) is 14.6. The van der Waals surface area contributed by atoms with E-state index >= 15 is 0 Å². The zero-order valence-corrected chi connectivity index (χ0v) is 18.6. The van der Waals surface area contributed by atoms with E-state index in [1.165, 1.54) is 13.3 Å². The van der Waals surface area contributed by atoms with Crippen molar-refractivity contribution in [2.24, 2.45) is 5.10 Å². The zero-order valence-electron chi connectivity index (χ0n) is 17.8. The van der Waals surface area contributed by atoms with Crippen LogP contribution in [0.3, 0.4) is 0 Å². The lowest BCUT2D eigenvalue weighted by Crippen LogP contribution is -2.39. The van der Waals surface area contributed by atoms with Crippen LogP contribution < -0.4 is 14.5 Å². The van der Waals surface area contributed by atoms with Crippen molar-refractivity contribution in [2.45, 2.75) is 13.8 Å². The maximum Gasteiger partial charge on any atom is 0.343 e. The van der Waals surface area contributed by atoms with E-state index in [0.717, 1.165) is 21.7 Å². The van der Waals surface area contributed by atoms with E-state index in [1.807, 2.05) is 13.8 Å². The van der Waals surface area contributed by atoms with Gasteiger partial charge in [0.15, 0.2) is 6.61 Å². The molecule has 0 unspecified atom stereocenters. The Kier molecular flexibility index (Phi) is 8.14. The molecule has 1 amide bonds. The fourth-order valence-corrected chi connectivity index (χ4v) is 3.36. The molecule has 2 aromatic carbocycles. The second-order valence-corrected chi connectivity index (χ2v) is 8.68. The van der Waals surface area contributed by atoms with Gasteiger partial charge in [-0.3, -0.25) is 9.10 Å². The number of nitrogens with one attached hydrogen (secondary N) is 1. The number of ether oxygens (including phenoxy) is 2. The third kappa shape index (κ3) is 7.41. The van der Waals surface area contributed by atoms with Crippen LogP contribution in [0.15, 0.2) is 47.6 Å². The van der Waals surface area contributed by atoms with Crippen LogP contribution >= 0.6 is 0 Å². The Labute approximate surface area is 181 Å². The Bertz CT molecular complexity index is 1080. The van der Waals surface area contributed by atoms with E-state index in [9.17, 15) is 18.0 Å². The van der Waals surface area contributed by atoms with Crippen molar-refractivity contribution >= 4 is 33.8 Å². The number of rotatable bonds is 9. The highest BCUT2D eigenvalue weighted by molar-refractivity contribution is 7.92. The van der Waals surface area contributed by atoms with Gasteiger partial charge >= 0.3 is 5.97 Å². The maximum absolute atomic E-state index is 12.3. The minimum absolute atomic E-state index is 0.229. The molecule has 166 valence electrons. The van der Waals surface area contributed by atoms with Gasteiger partial charge in [-0.15, -0.1) is 0 Å². The molecule has 0 aliphatic rings. The Hall–Kier alpha value is -3.40. The summed E-state index contributed by atoms with van der Waals surface area (Å²) in [6.07, 6.45) is 2.42. The molecule has 0 aromatic heterocycles. The summed E-state index contributed by atoms with van der Waals surface area (Å²) in [5.74, 6) is -0.679. The van der Waals surface area contributed by atoms with Crippen LogP contribution in [0.4, 0.5) is 5.69 Å². The molecule has 10 heteroatoms. The lowest BCUT2D eigenvalue weighted by Gasteiger charge is -2.22. The summed E-state index contributed by atoms with van der Waals surface area (Å²) in [5.41, 5.74) is 5.26. The lowest BCUT2D eigenvalue weighted by atomic mass is 10.1. The monoisotopic (exact) mass is 447 g/mol.